The maximum atomic E-state index is 12.8. The molecule has 0 spiro atoms. The number of hydrogen-bond donors (Lipinski definition) is 0. The van der Waals surface area contributed by atoms with Gasteiger partial charge < -0.3 is 14.0 Å². The molecule has 1 aromatic carbocycles. The highest BCUT2D eigenvalue weighted by Gasteiger charge is 2.34. The Hall–Kier alpha value is -2.72. The number of piperidine rings is 1. The van der Waals surface area contributed by atoms with E-state index in [1.54, 1.807) is 36.7 Å². The number of imidazole rings is 1. The molecule has 0 atom stereocenters. The van der Waals surface area contributed by atoms with Gasteiger partial charge in [0.05, 0.1) is 13.0 Å². The monoisotopic (exact) mass is 449 g/mol. The molecule has 1 aliphatic heterocycles. The molecular weight excluding hydrogens is 422 g/mol. The summed E-state index contributed by atoms with van der Waals surface area (Å²) in [7, 11) is -0.441. The molecule has 2 heterocycles. The van der Waals surface area contributed by atoms with Gasteiger partial charge in [0.1, 0.15) is 18.2 Å². The molecule has 0 N–H and O–H groups in total. The van der Waals surface area contributed by atoms with Crippen molar-refractivity contribution in [2.75, 3.05) is 20.2 Å². The fraction of sp³-hybridized carbons (Fsp3) is 0.476. The van der Waals surface area contributed by atoms with E-state index in [1.807, 2.05) is 0 Å². The minimum Gasteiger partial charge on any atom is -0.496 e. The lowest BCUT2D eigenvalue weighted by Crippen LogP contribution is -2.40. The number of aromatic nitrogens is 2. The van der Waals surface area contributed by atoms with Crippen LogP contribution >= 0.6 is 0 Å². The maximum absolute atomic E-state index is 12.8. The Balaban J connectivity index is 1.60. The number of ketones is 1. The number of ether oxygens (including phenoxy) is 2. The molecule has 3 rings (SSSR count). The van der Waals surface area contributed by atoms with Gasteiger partial charge in [-0.05, 0) is 44.9 Å². The summed E-state index contributed by atoms with van der Waals surface area (Å²) in [6.07, 6.45) is 2.23. The first-order valence-corrected chi connectivity index (χ1v) is 11.4. The van der Waals surface area contributed by atoms with Gasteiger partial charge in [-0.3, -0.25) is 9.59 Å². The largest absolute Gasteiger partial charge is 0.496 e. The fourth-order valence-electron chi connectivity index (χ4n) is 3.49. The number of benzene rings is 1. The molecule has 9 nitrogen and oxygen atoms in total. The first-order chi connectivity index (χ1) is 14.6. The molecule has 1 saturated heterocycles. The van der Waals surface area contributed by atoms with Crippen molar-refractivity contribution in [2.24, 2.45) is 13.0 Å². The Morgan fingerprint density at radius 1 is 1.23 bits per heavy atom. The predicted molar refractivity (Wildman–Crippen MR) is 112 cm³/mol. The Labute approximate surface area is 182 Å². The molecule has 1 aliphatic rings. The molecule has 0 unspecified atom stereocenters. The number of methoxy groups -OCH3 is 1. The van der Waals surface area contributed by atoms with Crippen LogP contribution in [0.15, 0.2) is 29.4 Å². The van der Waals surface area contributed by atoms with Crippen molar-refractivity contribution in [3.8, 4) is 5.75 Å². The quantitative estimate of drug-likeness (QED) is 0.470. The maximum Gasteiger partial charge on any atom is 0.309 e. The van der Waals surface area contributed by atoms with E-state index in [1.165, 1.54) is 24.5 Å². The zero-order valence-electron chi connectivity index (χ0n) is 18.1. The van der Waals surface area contributed by atoms with Crippen LogP contribution in [0.25, 0.3) is 0 Å². The smallest absolute Gasteiger partial charge is 0.309 e. The van der Waals surface area contributed by atoms with Crippen molar-refractivity contribution in [2.45, 2.75) is 38.3 Å². The molecule has 0 aliphatic carbocycles. The number of carbonyl (C=O) groups excluding carboxylic acids is 2. The van der Waals surface area contributed by atoms with E-state index >= 15 is 0 Å². The number of sulfonamides is 1. The van der Waals surface area contributed by atoms with Crippen LogP contribution in [-0.2, 0) is 33.2 Å². The minimum atomic E-state index is -3.69. The zero-order chi connectivity index (χ0) is 22.8. The van der Waals surface area contributed by atoms with Crippen molar-refractivity contribution >= 4 is 21.8 Å². The average Bonchev–Trinajstić information content (AvgIpc) is 3.11. The van der Waals surface area contributed by atoms with Crippen molar-refractivity contribution in [1.82, 2.24) is 13.9 Å². The summed E-state index contributed by atoms with van der Waals surface area (Å²) >= 11 is 0. The molecule has 0 amide bonds. The van der Waals surface area contributed by atoms with Crippen LogP contribution in [0.1, 0.15) is 41.5 Å². The van der Waals surface area contributed by atoms with Gasteiger partial charge in [-0.15, -0.1) is 0 Å². The highest BCUT2D eigenvalue weighted by Crippen LogP contribution is 2.26. The lowest BCUT2D eigenvalue weighted by Gasteiger charge is -2.29. The van der Waals surface area contributed by atoms with Gasteiger partial charge in [0.2, 0.25) is 0 Å². The second kappa shape index (κ2) is 9.19. The number of Topliss-reactive ketones (excluding diaryl/α,β-unsaturated/α-hetero) is 1. The van der Waals surface area contributed by atoms with Crippen LogP contribution in [0, 0.1) is 12.8 Å². The van der Waals surface area contributed by atoms with E-state index in [2.05, 4.69) is 4.98 Å². The molecule has 10 heteroatoms. The minimum absolute atomic E-state index is 0.0190. The molecule has 31 heavy (non-hydrogen) atoms. The number of hydrogen-bond acceptors (Lipinski definition) is 7. The van der Waals surface area contributed by atoms with Gasteiger partial charge in [-0.2, -0.15) is 4.31 Å². The summed E-state index contributed by atoms with van der Waals surface area (Å²) in [5, 5.41) is 0.0194. The van der Waals surface area contributed by atoms with Crippen LogP contribution in [0.4, 0.5) is 0 Å². The van der Waals surface area contributed by atoms with Crippen molar-refractivity contribution in [1.29, 1.82) is 0 Å². The summed E-state index contributed by atoms with van der Waals surface area (Å²) in [6.45, 7) is 3.63. The normalized spacial score (nSPS) is 15.6. The third-order valence-electron chi connectivity index (χ3n) is 5.53. The van der Waals surface area contributed by atoms with E-state index in [0.29, 0.717) is 35.5 Å². The van der Waals surface area contributed by atoms with E-state index in [9.17, 15) is 18.0 Å². The SMILES string of the molecule is COc1ccc(C(C)=O)cc1COC(=O)C1CCN(S(=O)(=O)c2cn(C)c(C)n2)CC1. The number of carbonyl (C=O) groups is 2. The molecule has 1 aromatic heterocycles. The molecule has 0 saturated carbocycles. The summed E-state index contributed by atoms with van der Waals surface area (Å²) in [6, 6.07) is 4.98. The topological polar surface area (TPSA) is 108 Å². The van der Waals surface area contributed by atoms with Gasteiger partial charge in [-0.1, -0.05) is 0 Å². The molecule has 2 aromatic rings. The van der Waals surface area contributed by atoms with E-state index in [0.717, 1.165) is 0 Å². The van der Waals surface area contributed by atoms with E-state index < -0.39 is 10.0 Å². The van der Waals surface area contributed by atoms with Crippen molar-refractivity contribution in [3.63, 3.8) is 0 Å². The fourth-order valence-corrected chi connectivity index (χ4v) is 4.99. The van der Waals surface area contributed by atoms with Crippen LogP contribution in [-0.4, -0.2) is 54.2 Å². The predicted octanol–water partition coefficient (Wildman–Crippen LogP) is 2.08. The Bertz CT molecular complexity index is 1070. The summed E-state index contributed by atoms with van der Waals surface area (Å²) < 4.78 is 39.3. The first kappa shape index (κ1) is 23.0. The molecule has 1 fully saturated rings. The lowest BCUT2D eigenvalue weighted by atomic mass is 9.98. The van der Waals surface area contributed by atoms with E-state index in [-0.39, 0.29) is 42.4 Å². The van der Waals surface area contributed by atoms with Gasteiger partial charge in [-0.25, -0.2) is 13.4 Å². The lowest BCUT2D eigenvalue weighted by molar-refractivity contribution is -0.151. The van der Waals surface area contributed by atoms with Gasteiger partial charge in [0, 0.05) is 37.5 Å². The number of nitrogens with zero attached hydrogens (tertiary/aromatic N) is 3. The Kier molecular flexibility index (Phi) is 6.80. The molecule has 168 valence electrons. The second-order valence-corrected chi connectivity index (χ2v) is 9.49. The van der Waals surface area contributed by atoms with Crippen LogP contribution in [0.2, 0.25) is 0 Å². The van der Waals surface area contributed by atoms with Crippen molar-refractivity contribution in [3.05, 3.63) is 41.3 Å². The summed E-state index contributed by atoms with van der Waals surface area (Å²) in [4.78, 5) is 28.3. The third kappa shape index (κ3) is 4.96. The van der Waals surface area contributed by atoms with Gasteiger partial charge in [0.25, 0.3) is 10.0 Å². The Morgan fingerprint density at radius 2 is 1.90 bits per heavy atom. The first-order valence-electron chi connectivity index (χ1n) is 9.98. The zero-order valence-corrected chi connectivity index (χ0v) is 18.9. The van der Waals surface area contributed by atoms with Gasteiger partial charge in [0.15, 0.2) is 10.8 Å². The van der Waals surface area contributed by atoms with Crippen molar-refractivity contribution < 1.29 is 27.5 Å². The standard InChI is InChI=1S/C21H27N3O6S/c1-14(25)17-5-6-19(29-4)18(11-17)13-30-21(26)16-7-9-24(10-8-16)31(27,28)20-12-23(3)15(2)22-20/h5-6,11-12,16H,7-10,13H2,1-4H3. The highest BCUT2D eigenvalue weighted by atomic mass is 32.2. The molecule has 0 radical (unpaired) electrons. The summed E-state index contributed by atoms with van der Waals surface area (Å²) in [5.41, 5.74) is 1.12. The second-order valence-electron chi connectivity index (χ2n) is 7.61. The van der Waals surface area contributed by atoms with E-state index in [4.69, 9.17) is 9.47 Å². The third-order valence-corrected chi connectivity index (χ3v) is 7.31. The number of aryl methyl sites for hydroxylation is 2. The Morgan fingerprint density at radius 3 is 2.45 bits per heavy atom. The van der Waals surface area contributed by atoms with Gasteiger partial charge >= 0.3 is 5.97 Å². The van der Waals surface area contributed by atoms with Crippen LogP contribution < -0.4 is 4.74 Å². The number of rotatable bonds is 7. The highest BCUT2D eigenvalue weighted by molar-refractivity contribution is 7.89. The summed E-state index contributed by atoms with van der Waals surface area (Å²) in [5.74, 6) is 0.275. The molecular formula is C21H27N3O6S. The number of esters is 1. The van der Waals surface area contributed by atoms with Crippen LogP contribution in [0.3, 0.4) is 0 Å². The molecule has 0 bridgehead atoms. The average molecular weight is 450 g/mol. The van der Waals surface area contributed by atoms with Crippen LogP contribution in [0.5, 0.6) is 5.75 Å².